The number of hydrogen-bond donors (Lipinski definition) is 0. The van der Waals surface area contributed by atoms with Gasteiger partial charge >= 0.3 is 5.97 Å². The molecule has 1 aliphatic carbocycles. The largest absolute Gasteiger partial charge is 0.464 e. The lowest BCUT2D eigenvalue weighted by molar-refractivity contribution is -0.142. The molecule has 0 aromatic heterocycles. The third-order valence-corrected chi connectivity index (χ3v) is 5.17. The maximum absolute atomic E-state index is 12.4. The van der Waals surface area contributed by atoms with Crippen LogP contribution < -0.4 is 0 Å². The third-order valence-electron chi connectivity index (χ3n) is 5.17. The predicted octanol–water partition coefficient (Wildman–Crippen LogP) is 1.42. The topological polar surface area (TPSA) is 49.9 Å². The second-order valence-electron chi connectivity index (χ2n) is 6.60. The van der Waals surface area contributed by atoms with E-state index in [1.54, 1.807) is 0 Å². The van der Waals surface area contributed by atoms with Crippen LogP contribution in [0.1, 0.15) is 44.9 Å². The van der Waals surface area contributed by atoms with Gasteiger partial charge in [-0.05, 0) is 25.2 Å². The zero-order chi connectivity index (χ0) is 14.7. The first-order valence-electron chi connectivity index (χ1n) is 8.42. The van der Waals surface area contributed by atoms with Crippen molar-refractivity contribution in [1.82, 2.24) is 9.80 Å². The molecule has 0 unspecified atom stereocenters. The summed E-state index contributed by atoms with van der Waals surface area (Å²) in [6.07, 6.45) is 7.50. The van der Waals surface area contributed by atoms with Gasteiger partial charge in [-0.25, -0.2) is 0 Å². The summed E-state index contributed by atoms with van der Waals surface area (Å²) in [5, 5.41) is 0. The molecule has 0 spiro atoms. The highest BCUT2D eigenvalue weighted by molar-refractivity contribution is 5.78. The molecule has 3 fully saturated rings. The second-order valence-corrected chi connectivity index (χ2v) is 6.60. The van der Waals surface area contributed by atoms with Gasteiger partial charge in [0.2, 0.25) is 5.91 Å². The third kappa shape index (κ3) is 3.57. The smallest absolute Gasteiger partial charge is 0.323 e. The van der Waals surface area contributed by atoms with E-state index in [1.807, 2.05) is 4.90 Å². The highest BCUT2D eigenvalue weighted by Gasteiger charge is 2.33. The molecule has 5 nitrogen and oxygen atoms in total. The molecule has 2 aliphatic heterocycles. The van der Waals surface area contributed by atoms with Crippen molar-refractivity contribution in [2.45, 2.75) is 51.0 Å². The first-order valence-corrected chi connectivity index (χ1v) is 8.42. The maximum atomic E-state index is 12.4. The lowest BCUT2D eigenvalue weighted by Gasteiger charge is -2.25. The van der Waals surface area contributed by atoms with Gasteiger partial charge in [0.05, 0.1) is 6.61 Å². The standard InChI is InChI=1S/C16H26N2O3/c19-15(12-13-4-1-2-5-13)18-8-3-7-17(9-10-18)14-6-11-21-16(14)20/h13-14H,1-12H2/t14-/m1/s1. The Morgan fingerprint density at radius 3 is 2.57 bits per heavy atom. The Kier molecular flexibility index (Phi) is 4.78. The number of hydrogen-bond acceptors (Lipinski definition) is 4. The minimum Gasteiger partial charge on any atom is -0.464 e. The summed E-state index contributed by atoms with van der Waals surface area (Å²) in [5.41, 5.74) is 0. The number of nitrogens with zero attached hydrogens (tertiary/aromatic N) is 2. The minimum absolute atomic E-state index is 0.0742. The molecule has 0 N–H and O–H groups in total. The van der Waals surface area contributed by atoms with E-state index in [0.29, 0.717) is 18.4 Å². The highest BCUT2D eigenvalue weighted by atomic mass is 16.5. The lowest BCUT2D eigenvalue weighted by atomic mass is 10.0. The van der Waals surface area contributed by atoms with Gasteiger partial charge in [-0.2, -0.15) is 0 Å². The lowest BCUT2D eigenvalue weighted by Crippen LogP contribution is -2.41. The molecule has 118 valence electrons. The number of rotatable bonds is 3. The van der Waals surface area contributed by atoms with E-state index < -0.39 is 0 Å². The summed E-state index contributed by atoms with van der Waals surface area (Å²) >= 11 is 0. The van der Waals surface area contributed by atoms with E-state index in [2.05, 4.69) is 4.90 Å². The number of carbonyl (C=O) groups is 2. The van der Waals surface area contributed by atoms with Crippen LogP contribution in [0.5, 0.6) is 0 Å². The molecule has 0 radical (unpaired) electrons. The highest BCUT2D eigenvalue weighted by Crippen LogP contribution is 2.28. The van der Waals surface area contributed by atoms with Gasteiger partial charge in [0.15, 0.2) is 0 Å². The molecule has 0 aromatic carbocycles. The molecule has 2 saturated heterocycles. The number of cyclic esters (lactones) is 1. The average molecular weight is 294 g/mol. The van der Waals surface area contributed by atoms with Gasteiger partial charge in [-0.1, -0.05) is 12.8 Å². The molecular weight excluding hydrogens is 268 g/mol. The normalized spacial score (nSPS) is 28.7. The molecular formula is C16H26N2O3. The van der Waals surface area contributed by atoms with Crippen molar-refractivity contribution in [3.05, 3.63) is 0 Å². The fourth-order valence-corrected chi connectivity index (χ4v) is 3.91. The fourth-order valence-electron chi connectivity index (χ4n) is 3.91. The summed E-state index contributed by atoms with van der Waals surface area (Å²) in [5.74, 6) is 0.847. The van der Waals surface area contributed by atoms with E-state index in [-0.39, 0.29) is 12.0 Å². The van der Waals surface area contributed by atoms with Crippen LogP contribution in [0.4, 0.5) is 0 Å². The Hall–Kier alpha value is -1.10. The minimum atomic E-state index is -0.0827. The number of esters is 1. The van der Waals surface area contributed by atoms with E-state index in [9.17, 15) is 9.59 Å². The first-order chi connectivity index (χ1) is 10.2. The molecule has 0 bridgehead atoms. The maximum Gasteiger partial charge on any atom is 0.323 e. The van der Waals surface area contributed by atoms with Gasteiger partial charge in [0, 0.05) is 39.0 Å². The van der Waals surface area contributed by atoms with Crippen molar-refractivity contribution >= 4 is 11.9 Å². The predicted molar refractivity (Wildman–Crippen MR) is 78.7 cm³/mol. The summed E-state index contributed by atoms with van der Waals surface area (Å²) < 4.78 is 5.06. The van der Waals surface area contributed by atoms with Gasteiger partial charge in [0.1, 0.15) is 6.04 Å². The van der Waals surface area contributed by atoms with Crippen LogP contribution in [0.25, 0.3) is 0 Å². The van der Waals surface area contributed by atoms with Crippen molar-refractivity contribution in [3.63, 3.8) is 0 Å². The Labute approximate surface area is 126 Å². The van der Waals surface area contributed by atoms with Crippen molar-refractivity contribution in [3.8, 4) is 0 Å². The molecule has 0 aromatic rings. The van der Waals surface area contributed by atoms with Crippen molar-refractivity contribution in [1.29, 1.82) is 0 Å². The van der Waals surface area contributed by atoms with Crippen molar-refractivity contribution < 1.29 is 14.3 Å². The van der Waals surface area contributed by atoms with Crippen LogP contribution in [0, 0.1) is 5.92 Å². The first kappa shape index (κ1) is 14.8. The molecule has 3 rings (SSSR count). The molecule has 1 atom stereocenters. The fraction of sp³-hybridized carbons (Fsp3) is 0.875. The summed E-state index contributed by atoms with van der Waals surface area (Å²) in [6.45, 7) is 3.84. The van der Waals surface area contributed by atoms with Crippen LogP contribution in [-0.2, 0) is 14.3 Å². The molecule has 1 saturated carbocycles. The zero-order valence-electron chi connectivity index (χ0n) is 12.8. The Bertz CT molecular complexity index is 393. The quantitative estimate of drug-likeness (QED) is 0.739. The van der Waals surface area contributed by atoms with Crippen LogP contribution in [0.15, 0.2) is 0 Å². The molecule has 3 aliphatic rings. The summed E-state index contributed by atoms with van der Waals surface area (Å²) in [7, 11) is 0. The molecule has 2 heterocycles. The monoisotopic (exact) mass is 294 g/mol. The number of carbonyl (C=O) groups excluding carboxylic acids is 2. The van der Waals surface area contributed by atoms with Crippen LogP contribution >= 0.6 is 0 Å². The van der Waals surface area contributed by atoms with E-state index in [1.165, 1.54) is 25.7 Å². The molecule has 1 amide bonds. The van der Waals surface area contributed by atoms with Gasteiger partial charge < -0.3 is 9.64 Å². The van der Waals surface area contributed by atoms with Crippen LogP contribution in [-0.4, -0.2) is 60.5 Å². The second kappa shape index (κ2) is 6.77. The van der Waals surface area contributed by atoms with Crippen LogP contribution in [0.3, 0.4) is 0 Å². The Morgan fingerprint density at radius 2 is 1.86 bits per heavy atom. The van der Waals surface area contributed by atoms with Crippen molar-refractivity contribution in [2.75, 3.05) is 32.8 Å². The zero-order valence-corrected chi connectivity index (χ0v) is 12.8. The van der Waals surface area contributed by atoms with Gasteiger partial charge in [-0.15, -0.1) is 0 Å². The summed E-state index contributed by atoms with van der Waals surface area (Å²) in [4.78, 5) is 28.3. The van der Waals surface area contributed by atoms with E-state index in [4.69, 9.17) is 4.74 Å². The van der Waals surface area contributed by atoms with E-state index >= 15 is 0 Å². The Balaban J connectivity index is 1.50. The Morgan fingerprint density at radius 1 is 1.05 bits per heavy atom. The van der Waals surface area contributed by atoms with Crippen LogP contribution in [0.2, 0.25) is 0 Å². The molecule has 5 heteroatoms. The number of ether oxygens (including phenoxy) is 1. The van der Waals surface area contributed by atoms with Gasteiger partial charge in [-0.3, -0.25) is 14.5 Å². The van der Waals surface area contributed by atoms with E-state index in [0.717, 1.165) is 45.4 Å². The number of amides is 1. The summed E-state index contributed by atoms with van der Waals surface area (Å²) in [6, 6.07) is -0.0742. The SMILES string of the molecule is O=C1OCC[C@H]1N1CCCN(C(=O)CC2CCCC2)CC1. The average Bonchev–Trinajstić information content (AvgIpc) is 3.06. The van der Waals surface area contributed by atoms with Gasteiger partial charge in [0.25, 0.3) is 0 Å². The molecule has 21 heavy (non-hydrogen) atoms. The van der Waals surface area contributed by atoms with Crippen molar-refractivity contribution in [2.24, 2.45) is 5.92 Å².